The molecule has 1 amide bonds. The maximum Gasteiger partial charge on any atom is 0.279 e. The molecule has 0 atom stereocenters. The van der Waals surface area contributed by atoms with Crippen LogP contribution in [0, 0.1) is 16.0 Å². The molecule has 0 radical (unpaired) electrons. The molecule has 1 aromatic rings. The van der Waals surface area contributed by atoms with Gasteiger partial charge in [0.25, 0.3) is 11.6 Å². The van der Waals surface area contributed by atoms with Crippen molar-refractivity contribution in [1.82, 2.24) is 0 Å². The minimum Gasteiger partial charge on any atom is -0.494 e. The summed E-state index contributed by atoms with van der Waals surface area (Å²) in [7, 11) is 1.42. The summed E-state index contributed by atoms with van der Waals surface area (Å²) < 4.78 is 5.12. The van der Waals surface area contributed by atoms with E-state index in [9.17, 15) is 14.9 Å². The predicted octanol–water partition coefficient (Wildman–Crippen LogP) is 0.857. The number of ether oxygens (including phenoxy) is 1. The number of benzene rings is 1. The quantitative estimate of drug-likeness (QED) is 0.624. The van der Waals surface area contributed by atoms with E-state index < -0.39 is 4.92 Å². The van der Waals surface area contributed by atoms with Gasteiger partial charge < -0.3 is 15.0 Å². The highest BCUT2D eigenvalue weighted by molar-refractivity contribution is 5.93. The number of hydrogen-bond donors (Lipinski definition) is 2. The number of amides is 1. The summed E-state index contributed by atoms with van der Waals surface area (Å²) in [4.78, 5) is 23.7. The third-order valence-corrected chi connectivity index (χ3v) is 4.06. The van der Waals surface area contributed by atoms with E-state index in [0.29, 0.717) is 18.0 Å². The molecule has 1 aliphatic heterocycles. The van der Waals surface area contributed by atoms with Crippen LogP contribution in [0.2, 0.25) is 0 Å². The van der Waals surface area contributed by atoms with E-state index in [0.717, 1.165) is 31.8 Å². The van der Waals surface area contributed by atoms with Gasteiger partial charge in [-0.25, -0.2) is 0 Å². The SMILES string of the molecule is COc1cc([N+](=O)[O-])ccc1NC(=O)C[NH+]1CCC(C)CC1. The molecular formula is C15H22N3O4+. The zero-order valence-corrected chi connectivity index (χ0v) is 12.9. The van der Waals surface area contributed by atoms with E-state index in [1.165, 1.54) is 30.2 Å². The molecule has 1 aromatic carbocycles. The van der Waals surface area contributed by atoms with Crippen molar-refractivity contribution in [3.05, 3.63) is 28.3 Å². The zero-order chi connectivity index (χ0) is 16.1. The lowest BCUT2D eigenvalue weighted by molar-refractivity contribution is -0.897. The molecule has 2 N–H and O–H groups in total. The monoisotopic (exact) mass is 308 g/mol. The number of nitro benzene ring substituents is 1. The van der Waals surface area contributed by atoms with Gasteiger partial charge in [-0.1, -0.05) is 6.92 Å². The van der Waals surface area contributed by atoms with Crippen LogP contribution < -0.4 is 15.0 Å². The van der Waals surface area contributed by atoms with Crippen molar-refractivity contribution in [3.8, 4) is 5.75 Å². The van der Waals surface area contributed by atoms with Crippen LogP contribution in [0.1, 0.15) is 19.8 Å². The second kappa shape index (κ2) is 7.22. The zero-order valence-electron chi connectivity index (χ0n) is 12.9. The molecule has 120 valence electrons. The van der Waals surface area contributed by atoms with Crippen molar-refractivity contribution in [2.24, 2.45) is 5.92 Å². The van der Waals surface area contributed by atoms with Crippen LogP contribution in [0.25, 0.3) is 0 Å². The van der Waals surface area contributed by atoms with E-state index >= 15 is 0 Å². The van der Waals surface area contributed by atoms with E-state index in [1.807, 2.05) is 0 Å². The standard InChI is InChI=1S/C15H21N3O4/c1-11-5-7-17(8-6-11)10-15(19)16-13-4-3-12(18(20)21)9-14(13)22-2/h3-4,9,11H,5-8,10H2,1-2H3,(H,16,19)/p+1. The average Bonchev–Trinajstić information content (AvgIpc) is 2.49. The average molecular weight is 308 g/mol. The third kappa shape index (κ3) is 4.17. The maximum atomic E-state index is 12.1. The normalized spacial score (nSPS) is 21.2. The van der Waals surface area contributed by atoms with E-state index in [4.69, 9.17) is 4.74 Å². The Kier molecular flexibility index (Phi) is 5.32. The fraction of sp³-hybridized carbons (Fsp3) is 0.533. The molecule has 0 unspecified atom stereocenters. The van der Waals surface area contributed by atoms with Gasteiger partial charge in [-0.15, -0.1) is 0 Å². The molecule has 2 rings (SSSR count). The predicted molar refractivity (Wildman–Crippen MR) is 82.2 cm³/mol. The Bertz CT molecular complexity index is 554. The Morgan fingerprint density at radius 3 is 2.73 bits per heavy atom. The van der Waals surface area contributed by atoms with Gasteiger partial charge in [0.2, 0.25) is 0 Å². The fourth-order valence-corrected chi connectivity index (χ4v) is 2.67. The van der Waals surface area contributed by atoms with Gasteiger partial charge >= 0.3 is 0 Å². The van der Waals surface area contributed by atoms with Crippen LogP contribution in [-0.2, 0) is 4.79 Å². The first-order chi connectivity index (χ1) is 10.5. The van der Waals surface area contributed by atoms with Crippen LogP contribution in [0.15, 0.2) is 18.2 Å². The summed E-state index contributed by atoms with van der Waals surface area (Å²) in [6.45, 7) is 4.66. The minimum atomic E-state index is -0.493. The van der Waals surface area contributed by atoms with Gasteiger partial charge in [-0.3, -0.25) is 14.9 Å². The molecule has 0 aromatic heterocycles. The summed E-state index contributed by atoms with van der Waals surface area (Å²) in [5.74, 6) is 0.933. The molecule has 0 saturated carbocycles. The fourth-order valence-electron chi connectivity index (χ4n) is 2.67. The molecule has 7 heteroatoms. The van der Waals surface area contributed by atoms with Crippen LogP contribution >= 0.6 is 0 Å². The molecule has 0 aliphatic carbocycles. The number of carbonyl (C=O) groups excluding carboxylic acids is 1. The van der Waals surface area contributed by atoms with Crippen molar-refractivity contribution in [2.75, 3.05) is 32.1 Å². The molecule has 1 saturated heterocycles. The van der Waals surface area contributed by atoms with Gasteiger partial charge in [0.1, 0.15) is 5.75 Å². The number of non-ortho nitro benzene ring substituents is 1. The van der Waals surface area contributed by atoms with E-state index in [1.54, 1.807) is 0 Å². The van der Waals surface area contributed by atoms with Crippen molar-refractivity contribution in [1.29, 1.82) is 0 Å². The summed E-state index contributed by atoms with van der Waals surface area (Å²) in [5.41, 5.74) is 0.397. The summed E-state index contributed by atoms with van der Waals surface area (Å²) in [6, 6.07) is 4.17. The summed E-state index contributed by atoms with van der Waals surface area (Å²) in [6.07, 6.45) is 2.28. The smallest absolute Gasteiger partial charge is 0.279 e. The maximum absolute atomic E-state index is 12.1. The van der Waals surface area contributed by atoms with Crippen molar-refractivity contribution in [2.45, 2.75) is 19.8 Å². The lowest BCUT2D eigenvalue weighted by Gasteiger charge is -2.26. The Hall–Kier alpha value is -2.15. The topological polar surface area (TPSA) is 85.9 Å². The highest BCUT2D eigenvalue weighted by Gasteiger charge is 2.22. The Balaban J connectivity index is 1.97. The Labute approximate surface area is 129 Å². The summed E-state index contributed by atoms with van der Waals surface area (Å²) >= 11 is 0. The van der Waals surface area contributed by atoms with Crippen molar-refractivity contribution < 1.29 is 19.4 Å². The van der Waals surface area contributed by atoms with Crippen LogP contribution in [-0.4, -0.2) is 37.6 Å². The number of anilines is 1. The second-order valence-electron chi connectivity index (χ2n) is 5.80. The number of nitro groups is 1. The summed E-state index contributed by atoms with van der Waals surface area (Å²) in [5, 5.41) is 13.5. The number of carbonyl (C=O) groups is 1. The molecule has 0 bridgehead atoms. The van der Waals surface area contributed by atoms with Crippen molar-refractivity contribution in [3.63, 3.8) is 0 Å². The van der Waals surface area contributed by atoms with Gasteiger partial charge in [-0.2, -0.15) is 0 Å². The van der Waals surface area contributed by atoms with Gasteiger partial charge in [-0.05, 0) is 24.8 Å². The Morgan fingerprint density at radius 2 is 2.14 bits per heavy atom. The van der Waals surface area contributed by atoms with Crippen LogP contribution in [0.5, 0.6) is 5.75 Å². The molecule has 1 heterocycles. The van der Waals surface area contributed by atoms with Gasteiger partial charge in [0.15, 0.2) is 6.54 Å². The number of nitrogens with zero attached hydrogens (tertiary/aromatic N) is 1. The van der Waals surface area contributed by atoms with E-state index in [2.05, 4.69) is 12.2 Å². The van der Waals surface area contributed by atoms with Crippen molar-refractivity contribution >= 4 is 17.3 Å². The van der Waals surface area contributed by atoms with Gasteiger partial charge in [0, 0.05) is 6.07 Å². The molecule has 7 nitrogen and oxygen atoms in total. The van der Waals surface area contributed by atoms with Gasteiger partial charge in [0.05, 0.1) is 36.9 Å². The number of quaternary nitrogens is 1. The molecule has 1 fully saturated rings. The number of piperidine rings is 1. The van der Waals surface area contributed by atoms with Crippen LogP contribution in [0.3, 0.4) is 0 Å². The number of rotatable bonds is 5. The number of likely N-dealkylation sites (tertiary alicyclic amines) is 1. The first-order valence-corrected chi connectivity index (χ1v) is 7.45. The second-order valence-corrected chi connectivity index (χ2v) is 5.80. The number of hydrogen-bond acceptors (Lipinski definition) is 4. The number of methoxy groups -OCH3 is 1. The molecule has 0 spiro atoms. The third-order valence-electron chi connectivity index (χ3n) is 4.06. The molecular weight excluding hydrogens is 286 g/mol. The van der Waals surface area contributed by atoms with Crippen LogP contribution in [0.4, 0.5) is 11.4 Å². The lowest BCUT2D eigenvalue weighted by Crippen LogP contribution is -3.14. The highest BCUT2D eigenvalue weighted by atomic mass is 16.6. The Morgan fingerprint density at radius 1 is 1.45 bits per heavy atom. The highest BCUT2D eigenvalue weighted by Crippen LogP contribution is 2.28. The molecule has 22 heavy (non-hydrogen) atoms. The number of nitrogens with one attached hydrogen (secondary N) is 2. The minimum absolute atomic E-state index is 0.0644. The van der Waals surface area contributed by atoms with E-state index in [-0.39, 0.29) is 11.6 Å². The largest absolute Gasteiger partial charge is 0.494 e. The first-order valence-electron chi connectivity index (χ1n) is 7.45. The lowest BCUT2D eigenvalue weighted by atomic mass is 9.99. The molecule has 1 aliphatic rings. The first kappa shape index (κ1) is 16.2.